The van der Waals surface area contributed by atoms with Crippen molar-refractivity contribution in [2.24, 2.45) is 0 Å². The largest absolute Gasteiger partial charge is 0.360 e. The van der Waals surface area contributed by atoms with Gasteiger partial charge in [0.05, 0.1) is 5.69 Å². The number of nitrogens with zero attached hydrogens (tertiary/aromatic N) is 3. The Kier molecular flexibility index (Phi) is 4.28. The lowest BCUT2D eigenvalue weighted by Crippen LogP contribution is -2.13. The van der Waals surface area contributed by atoms with Crippen LogP contribution in [0, 0.1) is 6.92 Å². The molecule has 0 radical (unpaired) electrons. The minimum absolute atomic E-state index is 0.297. The monoisotopic (exact) mass is 362 g/mol. The summed E-state index contributed by atoms with van der Waals surface area (Å²) >= 11 is 1.36. The summed E-state index contributed by atoms with van der Waals surface area (Å²) in [5, 5.41) is 9.26. The van der Waals surface area contributed by atoms with Gasteiger partial charge in [-0.1, -0.05) is 35.5 Å². The lowest BCUT2D eigenvalue weighted by atomic mass is 10.1. The number of hydrogen-bond acceptors (Lipinski definition) is 6. The molecule has 0 aliphatic carbocycles. The van der Waals surface area contributed by atoms with Gasteiger partial charge in [0.15, 0.2) is 5.13 Å². The van der Waals surface area contributed by atoms with Crippen molar-refractivity contribution in [3.8, 4) is 22.5 Å². The molecule has 0 unspecified atom stereocenters. The molecule has 6 nitrogen and oxygen atoms in total. The zero-order valence-corrected chi connectivity index (χ0v) is 14.7. The second-order valence-electron chi connectivity index (χ2n) is 5.56. The number of nitrogens with one attached hydrogen (secondary N) is 1. The number of hydrogen-bond donors (Lipinski definition) is 1. The predicted molar refractivity (Wildman–Crippen MR) is 100.0 cm³/mol. The third kappa shape index (κ3) is 3.12. The quantitative estimate of drug-likeness (QED) is 0.581. The third-order valence-corrected chi connectivity index (χ3v) is 4.58. The van der Waals surface area contributed by atoms with Gasteiger partial charge in [0, 0.05) is 28.9 Å². The topological polar surface area (TPSA) is 80.9 Å². The van der Waals surface area contributed by atoms with E-state index in [0.29, 0.717) is 22.1 Å². The summed E-state index contributed by atoms with van der Waals surface area (Å²) in [5.74, 6) is 0.167. The molecule has 0 fully saturated rings. The van der Waals surface area contributed by atoms with E-state index in [0.717, 1.165) is 16.8 Å². The van der Waals surface area contributed by atoms with Gasteiger partial charge in [0.25, 0.3) is 5.91 Å². The van der Waals surface area contributed by atoms with Crippen molar-refractivity contribution in [2.45, 2.75) is 6.92 Å². The van der Waals surface area contributed by atoms with Crippen LogP contribution < -0.4 is 5.32 Å². The lowest BCUT2D eigenvalue weighted by molar-refractivity contribution is 0.102. The smallest absolute Gasteiger partial charge is 0.263 e. The van der Waals surface area contributed by atoms with E-state index in [1.165, 1.54) is 11.3 Å². The molecule has 0 spiro atoms. The predicted octanol–water partition coefficient (Wildman–Crippen LogP) is 4.42. The van der Waals surface area contributed by atoms with Gasteiger partial charge >= 0.3 is 0 Å². The zero-order chi connectivity index (χ0) is 17.9. The molecule has 0 aliphatic rings. The molecule has 4 aromatic rings. The summed E-state index contributed by atoms with van der Waals surface area (Å²) in [7, 11) is 0. The molecule has 3 aromatic heterocycles. The van der Waals surface area contributed by atoms with Crippen LogP contribution >= 0.6 is 11.3 Å². The minimum atomic E-state index is -0.297. The van der Waals surface area contributed by atoms with Crippen molar-refractivity contribution in [3.63, 3.8) is 0 Å². The van der Waals surface area contributed by atoms with Crippen LogP contribution in [0.4, 0.5) is 5.13 Å². The van der Waals surface area contributed by atoms with Crippen LogP contribution in [0.2, 0.25) is 0 Å². The lowest BCUT2D eigenvalue weighted by Gasteiger charge is -2.03. The molecule has 3 heterocycles. The fourth-order valence-electron chi connectivity index (χ4n) is 2.57. The van der Waals surface area contributed by atoms with Crippen molar-refractivity contribution in [1.82, 2.24) is 15.1 Å². The van der Waals surface area contributed by atoms with Crippen LogP contribution in [0.3, 0.4) is 0 Å². The first-order valence-corrected chi connectivity index (χ1v) is 8.79. The van der Waals surface area contributed by atoms with Crippen LogP contribution in [0.15, 0.2) is 64.8 Å². The molecule has 4 rings (SSSR count). The Hall–Kier alpha value is -3.32. The Morgan fingerprint density at radius 2 is 1.92 bits per heavy atom. The molecule has 1 N–H and O–H groups in total. The highest BCUT2D eigenvalue weighted by Gasteiger charge is 2.22. The van der Waals surface area contributed by atoms with Crippen LogP contribution in [0.25, 0.3) is 22.5 Å². The maximum atomic E-state index is 12.8. The van der Waals surface area contributed by atoms with Gasteiger partial charge in [-0.3, -0.25) is 15.1 Å². The van der Waals surface area contributed by atoms with Gasteiger partial charge in [-0.2, -0.15) is 0 Å². The first-order chi connectivity index (χ1) is 12.7. The molecule has 0 saturated heterocycles. The van der Waals surface area contributed by atoms with Crippen LogP contribution in [0.5, 0.6) is 0 Å². The summed E-state index contributed by atoms with van der Waals surface area (Å²) in [5.41, 5.74) is 3.42. The van der Waals surface area contributed by atoms with E-state index in [-0.39, 0.29) is 5.91 Å². The number of thiazole rings is 1. The SMILES string of the molecule is Cc1onc(-c2ccccc2)c1C(=O)Nc1nc(-c2cccnc2)cs1. The Morgan fingerprint density at radius 3 is 2.69 bits per heavy atom. The Balaban J connectivity index is 1.60. The molecule has 0 aliphatic heterocycles. The molecule has 0 saturated carbocycles. The number of pyridine rings is 1. The van der Waals surface area contributed by atoms with Gasteiger partial charge in [-0.25, -0.2) is 4.98 Å². The molecule has 0 bridgehead atoms. The second-order valence-corrected chi connectivity index (χ2v) is 6.42. The normalized spacial score (nSPS) is 10.7. The van der Waals surface area contributed by atoms with Gasteiger partial charge in [0.2, 0.25) is 0 Å². The van der Waals surface area contributed by atoms with E-state index in [4.69, 9.17) is 4.52 Å². The number of carbonyl (C=O) groups is 1. The molecule has 128 valence electrons. The Bertz CT molecular complexity index is 1040. The van der Waals surface area contributed by atoms with E-state index < -0.39 is 0 Å². The molecule has 26 heavy (non-hydrogen) atoms. The highest BCUT2D eigenvalue weighted by molar-refractivity contribution is 7.14. The van der Waals surface area contributed by atoms with E-state index >= 15 is 0 Å². The van der Waals surface area contributed by atoms with Crippen LogP contribution in [0.1, 0.15) is 16.1 Å². The number of aryl methyl sites for hydroxylation is 1. The zero-order valence-electron chi connectivity index (χ0n) is 13.8. The molecular weight excluding hydrogens is 348 g/mol. The van der Waals surface area contributed by atoms with Crippen LogP contribution in [-0.2, 0) is 0 Å². The number of benzene rings is 1. The number of amides is 1. The van der Waals surface area contributed by atoms with Gasteiger partial charge < -0.3 is 4.52 Å². The fourth-order valence-corrected chi connectivity index (χ4v) is 3.28. The van der Waals surface area contributed by atoms with Crippen molar-refractivity contribution in [2.75, 3.05) is 5.32 Å². The van der Waals surface area contributed by atoms with E-state index in [9.17, 15) is 4.79 Å². The van der Waals surface area contributed by atoms with E-state index in [1.807, 2.05) is 47.8 Å². The number of anilines is 1. The first kappa shape index (κ1) is 16.2. The Morgan fingerprint density at radius 1 is 1.12 bits per heavy atom. The average molecular weight is 362 g/mol. The molecule has 0 atom stereocenters. The maximum absolute atomic E-state index is 12.8. The number of carbonyl (C=O) groups excluding carboxylic acids is 1. The van der Waals surface area contributed by atoms with Gasteiger partial charge in [0.1, 0.15) is 17.0 Å². The van der Waals surface area contributed by atoms with Crippen molar-refractivity contribution in [1.29, 1.82) is 0 Å². The summed E-state index contributed by atoms with van der Waals surface area (Å²) in [6, 6.07) is 13.2. The standard InChI is InChI=1S/C19H14N4O2S/c1-12-16(17(23-25-12)13-6-3-2-4-7-13)18(24)22-19-21-15(11-26-19)14-8-5-9-20-10-14/h2-11H,1H3,(H,21,22,24). The van der Waals surface area contributed by atoms with Crippen molar-refractivity contribution >= 4 is 22.4 Å². The number of rotatable bonds is 4. The third-order valence-electron chi connectivity index (χ3n) is 3.82. The van der Waals surface area contributed by atoms with Crippen LogP contribution in [-0.4, -0.2) is 21.0 Å². The first-order valence-electron chi connectivity index (χ1n) is 7.91. The van der Waals surface area contributed by atoms with E-state index in [2.05, 4.69) is 20.4 Å². The molecule has 1 amide bonds. The van der Waals surface area contributed by atoms with Gasteiger partial charge in [-0.15, -0.1) is 11.3 Å². The highest BCUT2D eigenvalue weighted by atomic mass is 32.1. The summed E-state index contributed by atoms with van der Waals surface area (Å²) in [6.45, 7) is 1.72. The molecular formula is C19H14N4O2S. The van der Waals surface area contributed by atoms with E-state index in [1.54, 1.807) is 19.3 Å². The van der Waals surface area contributed by atoms with Crippen molar-refractivity contribution in [3.05, 3.63) is 71.6 Å². The highest BCUT2D eigenvalue weighted by Crippen LogP contribution is 2.28. The molecule has 1 aromatic carbocycles. The maximum Gasteiger partial charge on any atom is 0.263 e. The summed E-state index contributed by atoms with van der Waals surface area (Å²) in [6.07, 6.45) is 3.44. The minimum Gasteiger partial charge on any atom is -0.360 e. The van der Waals surface area contributed by atoms with Gasteiger partial charge in [-0.05, 0) is 19.1 Å². The average Bonchev–Trinajstić information content (AvgIpc) is 3.30. The summed E-state index contributed by atoms with van der Waals surface area (Å²) in [4.78, 5) is 21.3. The summed E-state index contributed by atoms with van der Waals surface area (Å²) < 4.78 is 5.25. The fraction of sp³-hybridized carbons (Fsp3) is 0.0526. The van der Waals surface area contributed by atoms with Crippen molar-refractivity contribution < 1.29 is 9.32 Å². The number of aromatic nitrogens is 3. The second kappa shape index (κ2) is 6.89. The molecule has 7 heteroatoms. The Labute approximate surface area is 153 Å².